The maximum absolute atomic E-state index is 12.8. The third-order valence-corrected chi connectivity index (χ3v) is 5.91. The van der Waals surface area contributed by atoms with Gasteiger partial charge >= 0.3 is 0 Å². The molecule has 0 saturated heterocycles. The molecule has 8 nitrogen and oxygen atoms in total. The molecule has 2 aromatic carbocycles. The molecule has 0 fully saturated rings. The minimum Gasteiger partial charge on any atom is -0.494 e. The molecule has 174 valence electrons. The molecular weight excluding hydrogens is 430 g/mol. The van der Waals surface area contributed by atoms with Crippen LogP contribution in [0, 0.1) is 0 Å². The zero-order chi connectivity index (χ0) is 23.6. The summed E-state index contributed by atoms with van der Waals surface area (Å²) >= 11 is 0. The Labute approximate surface area is 190 Å². The first-order valence-corrected chi connectivity index (χ1v) is 12.2. The highest BCUT2D eigenvalue weighted by Crippen LogP contribution is 2.20. The summed E-state index contributed by atoms with van der Waals surface area (Å²) in [4.78, 5) is 26.5. The summed E-state index contributed by atoms with van der Waals surface area (Å²) in [6.07, 6.45) is 1.54. The SMILES string of the molecule is CCCNC(=O)CN(CCC)C(=O)c1ccc(NS(=O)(=O)c2ccc(OCC)cc2)cc1. The van der Waals surface area contributed by atoms with Crippen LogP contribution in [0.5, 0.6) is 5.75 Å². The Morgan fingerprint density at radius 2 is 1.59 bits per heavy atom. The van der Waals surface area contributed by atoms with Gasteiger partial charge in [-0.15, -0.1) is 0 Å². The van der Waals surface area contributed by atoms with E-state index in [1.165, 1.54) is 29.2 Å². The summed E-state index contributed by atoms with van der Waals surface area (Å²) in [7, 11) is -3.78. The van der Waals surface area contributed by atoms with E-state index in [1.807, 2.05) is 20.8 Å². The monoisotopic (exact) mass is 461 g/mol. The largest absolute Gasteiger partial charge is 0.494 e. The van der Waals surface area contributed by atoms with Crippen LogP contribution in [0.2, 0.25) is 0 Å². The van der Waals surface area contributed by atoms with E-state index in [9.17, 15) is 18.0 Å². The van der Waals surface area contributed by atoms with E-state index in [-0.39, 0.29) is 23.3 Å². The molecule has 0 spiro atoms. The Kier molecular flexibility index (Phi) is 9.52. The van der Waals surface area contributed by atoms with Gasteiger partial charge in [-0.05, 0) is 68.3 Å². The molecule has 0 aliphatic heterocycles. The molecule has 0 aliphatic carbocycles. The number of benzene rings is 2. The van der Waals surface area contributed by atoms with Crippen molar-refractivity contribution in [1.29, 1.82) is 0 Å². The molecule has 0 unspecified atom stereocenters. The van der Waals surface area contributed by atoms with Gasteiger partial charge in [0.25, 0.3) is 15.9 Å². The van der Waals surface area contributed by atoms with E-state index in [1.54, 1.807) is 24.3 Å². The Morgan fingerprint density at radius 1 is 0.938 bits per heavy atom. The van der Waals surface area contributed by atoms with E-state index < -0.39 is 10.0 Å². The van der Waals surface area contributed by atoms with Gasteiger partial charge in [-0.2, -0.15) is 0 Å². The van der Waals surface area contributed by atoms with Crippen LogP contribution in [0.25, 0.3) is 0 Å². The van der Waals surface area contributed by atoms with Gasteiger partial charge in [-0.25, -0.2) is 8.42 Å². The van der Waals surface area contributed by atoms with Crippen molar-refractivity contribution < 1.29 is 22.7 Å². The molecule has 0 atom stereocenters. The van der Waals surface area contributed by atoms with E-state index in [0.717, 1.165) is 6.42 Å². The van der Waals surface area contributed by atoms with Crippen molar-refractivity contribution in [3.63, 3.8) is 0 Å². The fourth-order valence-electron chi connectivity index (χ4n) is 2.98. The lowest BCUT2D eigenvalue weighted by Gasteiger charge is -2.22. The van der Waals surface area contributed by atoms with E-state index >= 15 is 0 Å². The van der Waals surface area contributed by atoms with Crippen molar-refractivity contribution >= 4 is 27.5 Å². The molecule has 2 rings (SSSR count). The summed E-state index contributed by atoms with van der Waals surface area (Å²) in [6, 6.07) is 12.3. The van der Waals surface area contributed by atoms with Crippen LogP contribution in [0.4, 0.5) is 5.69 Å². The highest BCUT2D eigenvalue weighted by atomic mass is 32.2. The summed E-state index contributed by atoms with van der Waals surface area (Å²) in [5.74, 6) is 0.113. The van der Waals surface area contributed by atoms with Gasteiger partial charge in [0.1, 0.15) is 5.75 Å². The van der Waals surface area contributed by atoms with Crippen molar-refractivity contribution in [2.45, 2.75) is 38.5 Å². The minimum atomic E-state index is -3.78. The minimum absolute atomic E-state index is 0.0151. The van der Waals surface area contributed by atoms with Crippen molar-refractivity contribution in [3.05, 3.63) is 54.1 Å². The first-order chi connectivity index (χ1) is 15.3. The van der Waals surface area contributed by atoms with Crippen LogP contribution in [0.15, 0.2) is 53.4 Å². The fraction of sp³-hybridized carbons (Fsp3) is 0.391. The highest BCUT2D eigenvalue weighted by Gasteiger charge is 2.19. The normalized spacial score (nSPS) is 11.0. The van der Waals surface area contributed by atoms with Crippen molar-refractivity contribution in [1.82, 2.24) is 10.2 Å². The van der Waals surface area contributed by atoms with Crippen LogP contribution in [0.3, 0.4) is 0 Å². The van der Waals surface area contributed by atoms with Crippen LogP contribution in [-0.2, 0) is 14.8 Å². The molecule has 32 heavy (non-hydrogen) atoms. The van der Waals surface area contributed by atoms with Crippen LogP contribution in [0.1, 0.15) is 44.0 Å². The zero-order valence-corrected chi connectivity index (χ0v) is 19.6. The van der Waals surface area contributed by atoms with Gasteiger partial charge in [-0.1, -0.05) is 13.8 Å². The lowest BCUT2D eigenvalue weighted by atomic mass is 10.1. The lowest BCUT2D eigenvalue weighted by Crippen LogP contribution is -2.41. The number of amides is 2. The summed E-state index contributed by atoms with van der Waals surface area (Å²) in [5.41, 5.74) is 0.712. The number of rotatable bonds is 12. The maximum atomic E-state index is 12.8. The number of hydrogen-bond acceptors (Lipinski definition) is 5. The van der Waals surface area contributed by atoms with Crippen molar-refractivity contribution in [2.24, 2.45) is 0 Å². The topological polar surface area (TPSA) is 105 Å². The van der Waals surface area contributed by atoms with Gasteiger partial charge in [0.05, 0.1) is 18.0 Å². The molecule has 0 radical (unpaired) electrons. The molecule has 2 aromatic rings. The number of ether oxygens (including phenoxy) is 1. The standard InChI is InChI=1S/C23H31N3O5S/c1-4-15-24-22(27)17-26(16-5-2)23(28)18-7-9-19(10-8-18)25-32(29,30)21-13-11-20(12-14-21)31-6-3/h7-14,25H,4-6,15-17H2,1-3H3,(H,24,27). The average molecular weight is 462 g/mol. The smallest absolute Gasteiger partial charge is 0.261 e. The first kappa shape index (κ1) is 25.2. The van der Waals surface area contributed by atoms with Gasteiger partial charge in [0.15, 0.2) is 0 Å². The number of carbonyl (C=O) groups is 2. The Hall–Kier alpha value is -3.07. The molecule has 2 amide bonds. The lowest BCUT2D eigenvalue weighted by molar-refractivity contribution is -0.121. The fourth-order valence-corrected chi connectivity index (χ4v) is 4.03. The summed E-state index contributed by atoms with van der Waals surface area (Å²) in [6.45, 7) is 7.24. The maximum Gasteiger partial charge on any atom is 0.261 e. The molecular formula is C23H31N3O5S. The second-order valence-corrected chi connectivity index (χ2v) is 8.85. The van der Waals surface area contributed by atoms with Gasteiger partial charge in [0, 0.05) is 24.3 Å². The van der Waals surface area contributed by atoms with Gasteiger partial charge < -0.3 is 15.0 Å². The summed E-state index contributed by atoms with van der Waals surface area (Å²) < 4.78 is 33.1. The summed E-state index contributed by atoms with van der Waals surface area (Å²) in [5, 5.41) is 2.77. The average Bonchev–Trinajstić information content (AvgIpc) is 2.78. The van der Waals surface area contributed by atoms with Crippen LogP contribution < -0.4 is 14.8 Å². The molecule has 9 heteroatoms. The quantitative estimate of drug-likeness (QED) is 0.505. The molecule has 0 bridgehead atoms. The molecule has 2 N–H and O–H groups in total. The second-order valence-electron chi connectivity index (χ2n) is 7.16. The Morgan fingerprint density at radius 3 is 2.16 bits per heavy atom. The molecule has 0 heterocycles. The van der Waals surface area contributed by atoms with E-state index in [2.05, 4.69) is 10.0 Å². The Balaban J connectivity index is 2.08. The zero-order valence-electron chi connectivity index (χ0n) is 18.8. The van der Waals surface area contributed by atoms with Crippen LogP contribution >= 0.6 is 0 Å². The third-order valence-electron chi connectivity index (χ3n) is 4.52. The number of sulfonamides is 1. The highest BCUT2D eigenvalue weighted by molar-refractivity contribution is 7.92. The molecule has 0 aliphatic rings. The first-order valence-electron chi connectivity index (χ1n) is 10.7. The molecule has 0 aromatic heterocycles. The van der Waals surface area contributed by atoms with Crippen LogP contribution in [-0.4, -0.2) is 51.4 Å². The van der Waals surface area contributed by atoms with E-state index in [4.69, 9.17) is 4.74 Å². The predicted octanol–water partition coefficient (Wildman–Crippen LogP) is 3.26. The van der Waals surface area contributed by atoms with E-state index in [0.29, 0.717) is 43.1 Å². The van der Waals surface area contributed by atoms with Gasteiger partial charge in [0.2, 0.25) is 5.91 Å². The third kappa shape index (κ3) is 7.26. The van der Waals surface area contributed by atoms with Crippen molar-refractivity contribution in [3.8, 4) is 5.75 Å². The molecule has 0 saturated carbocycles. The van der Waals surface area contributed by atoms with Crippen molar-refractivity contribution in [2.75, 3.05) is 31.0 Å². The Bertz CT molecular complexity index is 989. The second kappa shape index (κ2) is 12.1. The number of anilines is 1. The number of nitrogens with zero attached hydrogens (tertiary/aromatic N) is 1. The number of hydrogen-bond donors (Lipinski definition) is 2. The van der Waals surface area contributed by atoms with Gasteiger partial charge in [-0.3, -0.25) is 14.3 Å². The predicted molar refractivity (Wildman–Crippen MR) is 124 cm³/mol. The number of carbonyl (C=O) groups excluding carboxylic acids is 2. The number of nitrogens with one attached hydrogen (secondary N) is 2.